The van der Waals surface area contributed by atoms with Crippen molar-refractivity contribution in [1.82, 2.24) is 25.3 Å². The molecule has 4 aromatic rings. The topological polar surface area (TPSA) is 134 Å². The van der Waals surface area contributed by atoms with E-state index in [4.69, 9.17) is 19.6 Å². The van der Waals surface area contributed by atoms with Gasteiger partial charge in [0.25, 0.3) is 0 Å². The van der Waals surface area contributed by atoms with Crippen LogP contribution in [0.15, 0.2) is 54.0 Å². The van der Waals surface area contributed by atoms with Crippen LogP contribution in [0.2, 0.25) is 0 Å². The van der Waals surface area contributed by atoms with Crippen molar-refractivity contribution in [3.05, 3.63) is 70.6 Å². The fourth-order valence-electron chi connectivity index (χ4n) is 4.06. The summed E-state index contributed by atoms with van der Waals surface area (Å²) in [5.74, 6) is 0.299. The maximum Gasteiger partial charge on any atom is 0.230 e. The molecule has 1 saturated heterocycles. The Morgan fingerprint density at radius 2 is 2.00 bits per heavy atom. The molecule has 39 heavy (non-hydrogen) atoms. The summed E-state index contributed by atoms with van der Waals surface area (Å²) < 4.78 is 25.6. The highest BCUT2D eigenvalue weighted by atomic mass is 32.1. The third kappa shape index (κ3) is 6.31. The van der Waals surface area contributed by atoms with Gasteiger partial charge in [0.05, 0.1) is 42.3 Å². The van der Waals surface area contributed by atoms with Crippen molar-refractivity contribution in [3.8, 4) is 22.6 Å². The highest BCUT2D eigenvalue weighted by Gasteiger charge is 2.40. The van der Waals surface area contributed by atoms with E-state index >= 15 is 0 Å². The number of anilines is 1. The fourth-order valence-corrected chi connectivity index (χ4v) is 4.70. The number of hydrogen-bond acceptors (Lipinski definition) is 9. The molecule has 4 N–H and O–H groups in total. The first-order valence-corrected chi connectivity index (χ1v) is 13.4. The number of ether oxygens (including phenoxy) is 2. The second-order valence-electron chi connectivity index (χ2n) is 9.40. The number of nitrogens with one attached hydrogen (secondary N) is 3. The lowest BCUT2D eigenvalue weighted by molar-refractivity contribution is -0.231. The van der Waals surface area contributed by atoms with Gasteiger partial charge in [0.15, 0.2) is 5.82 Å². The summed E-state index contributed by atoms with van der Waals surface area (Å²) >= 11 is 1.64. The van der Waals surface area contributed by atoms with Crippen molar-refractivity contribution in [2.45, 2.75) is 26.2 Å². The first kappa shape index (κ1) is 26.9. The summed E-state index contributed by atoms with van der Waals surface area (Å²) in [7, 11) is 0. The molecule has 1 aliphatic rings. The van der Waals surface area contributed by atoms with Crippen LogP contribution in [-0.2, 0) is 20.8 Å². The molecule has 5 rings (SSSR count). The van der Waals surface area contributed by atoms with E-state index in [0.717, 1.165) is 4.88 Å². The lowest BCUT2D eigenvalue weighted by Gasteiger charge is -2.35. The molecule has 1 fully saturated rings. The quantitative estimate of drug-likeness (QED) is 0.218. The van der Waals surface area contributed by atoms with Gasteiger partial charge >= 0.3 is 0 Å². The highest BCUT2D eigenvalue weighted by molar-refractivity contribution is 7.09. The summed E-state index contributed by atoms with van der Waals surface area (Å²) in [6.07, 6.45) is 1.29. The van der Waals surface area contributed by atoms with Gasteiger partial charge in [-0.2, -0.15) is 0 Å². The van der Waals surface area contributed by atoms with Crippen LogP contribution in [0.25, 0.3) is 22.6 Å². The van der Waals surface area contributed by atoms with Crippen LogP contribution in [0.1, 0.15) is 30.3 Å². The molecule has 0 atom stereocenters. The highest BCUT2D eigenvalue weighted by Crippen LogP contribution is 2.35. The van der Waals surface area contributed by atoms with Crippen molar-refractivity contribution in [1.29, 1.82) is 0 Å². The van der Waals surface area contributed by atoms with Gasteiger partial charge in [-0.3, -0.25) is 4.79 Å². The molecular weight excluding hydrogens is 523 g/mol. The number of aromatic nitrogens is 4. The minimum absolute atomic E-state index is 0.00179. The van der Waals surface area contributed by atoms with Crippen LogP contribution in [0.4, 0.5) is 10.3 Å². The van der Waals surface area contributed by atoms with Gasteiger partial charge < -0.3 is 30.2 Å². The SMILES string of the molecule is CC1(C(=O)NCCCO)COC(c2nc(-c3ccc(F)cc3)c(-c3ccnc(NCc4cccs4)n3)[nH]2)OC1. The van der Waals surface area contributed by atoms with E-state index in [2.05, 4.69) is 25.6 Å². The lowest BCUT2D eigenvalue weighted by atomic mass is 9.91. The van der Waals surface area contributed by atoms with Gasteiger partial charge in [0.1, 0.15) is 5.82 Å². The Bertz CT molecular complexity index is 1390. The summed E-state index contributed by atoms with van der Waals surface area (Å²) in [6, 6.07) is 11.8. The molecule has 0 aliphatic carbocycles. The minimum Gasteiger partial charge on any atom is -0.396 e. The van der Waals surface area contributed by atoms with Crippen LogP contribution >= 0.6 is 11.3 Å². The van der Waals surface area contributed by atoms with E-state index < -0.39 is 11.7 Å². The third-order valence-corrected chi connectivity index (χ3v) is 7.13. The average molecular weight is 553 g/mol. The Balaban J connectivity index is 1.38. The molecule has 0 bridgehead atoms. The zero-order valence-electron chi connectivity index (χ0n) is 21.3. The van der Waals surface area contributed by atoms with E-state index in [1.807, 2.05) is 17.5 Å². The molecule has 10 nitrogen and oxygen atoms in total. The van der Waals surface area contributed by atoms with Crippen molar-refractivity contribution in [3.63, 3.8) is 0 Å². The van der Waals surface area contributed by atoms with Gasteiger partial charge in [-0.25, -0.2) is 19.3 Å². The van der Waals surface area contributed by atoms with Gasteiger partial charge in [-0.05, 0) is 55.1 Å². The van der Waals surface area contributed by atoms with E-state index in [1.54, 1.807) is 42.7 Å². The molecule has 0 unspecified atom stereocenters. The molecule has 0 spiro atoms. The van der Waals surface area contributed by atoms with E-state index in [0.29, 0.717) is 53.9 Å². The number of benzene rings is 1. The molecule has 1 amide bonds. The zero-order chi connectivity index (χ0) is 27.2. The standard InChI is InChI=1S/C27H29FN6O4S/c1-27(25(36)29-10-3-12-35)15-37-24(38-16-27)23-33-21(17-5-7-18(28)8-6-17)22(34-23)20-9-11-30-26(32-20)31-14-19-4-2-13-39-19/h2,4-9,11,13,24,35H,3,10,12,14-16H2,1H3,(H,29,36)(H,33,34)(H,30,31,32). The number of nitrogens with zero attached hydrogens (tertiary/aromatic N) is 3. The predicted octanol–water partition coefficient (Wildman–Crippen LogP) is 3.90. The Kier molecular flexibility index (Phi) is 8.27. The fraction of sp³-hybridized carbons (Fsp3) is 0.333. The Morgan fingerprint density at radius 3 is 2.72 bits per heavy atom. The van der Waals surface area contributed by atoms with E-state index in [1.165, 1.54) is 12.1 Å². The van der Waals surface area contributed by atoms with E-state index in [-0.39, 0.29) is 31.5 Å². The van der Waals surface area contributed by atoms with Crippen molar-refractivity contribution < 1.29 is 23.8 Å². The molecule has 12 heteroatoms. The van der Waals surface area contributed by atoms with Crippen LogP contribution < -0.4 is 10.6 Å². The first-order chi connectivity index (χ1) is 18.9. The normalized spacial score (nSPS) is 19.1. The zero-order valence-corrected chi connectivity index (χ0v) is 22.1. The van der Waals surface area contributed by atoms with Crippen molar-refractivity contribution in [2.75, 3.05) is 31.7 Å². The van der Waals surface area contributed by atoms with Crippen LogP contribution in [0.3, 0.4) is 0 Å². The molecule has 0 radical (unpaired) electrons. The number of hydrogen-bond donors (Lipinski definition) is 4. The van der Waals surface area contributed by atoms with Crippen molar-refractivity contribution >= 4 is 23.2 Å². The summed E-state index contributed by atoms with van der Waals surface area (Å²) in [4.78, 5) is 30.8. The number of carbonyl (C=O) groups excluding carboxylic acids is 1. The number of aromatic amines is 1. The molecule has 3 aromatic heterocycles. The number of thiophene rings is 1. The Hall–Kier alpha value is -3.71. The lowest BCUT2D eigenvalue weighted by Crippen LogP contribution is -2.48. The second kappa shape index (κ2) is 12.0. The summed E-state index contributed by atoms with van der Waals surface area (Å²) in [5, 5.41) is 17.0. The van der Waals surface area contributed by atoms with Gasteiger partial charge in [-0.15, -0.1) is 11.3 Å². The van der Waals surface area contributed by atoms with Crippen LogP contribution in [0.5, 0.6) is 0 Å². The molecule has 204 valence electrons. The largest absolute Gasteiger partial charge is 0.396 e. The number of H-pyrrole nitrogens is 1. The van der Waals surface area contributed by atoms with Crippen LogP contribution in [0, 0.1) is 11.2 Å². The number of carbonyl (C=O) groups is 1. The predicted molar refractivity (Wildman–Crippen MR) is 144 cm³/mol. The van der Waals surface area contributed by atoms with Crippen molar-refractivity contribution in [2.24, 2.45) is 5.41 Å². The second-order valence-corrected chi connectivity index (χ2v) is 10.4. The number of imidazole rings is 1. The average Bonchev–Trinajstić information content (AvgIpc) is 3.64. The van der Waals surface area contributed by atoms with Gasteiger partial charge in [0, 0.05) is 29.8 Å². The monoisotopic (exact) mass is 552 g/mol. The molecule has 1 aliphatic heterocycles. The molecule has 4 heterocycles. The van der Waals surface area contributed by atoms with Gasteiger partial charge in [0.2, 0.25) is 18.1 Å². The maximum atomic E-state index is 13.7. The number of amides is 1. The molecular formula is C27H29FN6O4S. The first-order valence-electron chi connectivity index (χ1n) is 12.5. The van der Waals surface area contributed by atoms with Crippen LogP contribution in [-0.4, -0.2) is 57.3 Å². The number of halogens is 1. The number of rotatable bonds is 10. The Morgan fingerprint density at radius 1 is 1.21 bits per heavy atom. The number of aliphatic hydroxyl groups is 1. The smallest absolute Gasteiger partial charge is 0.230 e. The summed E-state index contributed by atoms with van der Waals surface area (Å²) in [5.41, 5.74) is 1.54. The molecule has 1 aromatic carbocycles. The number of aliphatic hydroxyl groups excluding tert-OH is 1. The minimum atomic E-state index is -0.878. The maximum absolute atomic E-state index is 13.7. The molecule has 0 saturated carbocycles. The van der Waals surface area contributed by atoms with Gasteiger partial charge in [-0.1, -0.05) is 6.07 Å². The van der Waals surface area contributed by atoms with E-state index in [9.17, 15) is 9.18 Å². The summed E-state index contributed by atoms with van der Waals surface area (Å²) in [6.45, 7) is 2.97. The third-order valence-electron chi connectivity index (χ3n) is 6.25. The Labute approximate surface area is 228 Å².